The number of aromatic amines is 1. The first-order valence-corrected chi connectivity index (χ1v) is 9.00. The molecular formula is C22H22N4O3. The number of rotatable bonds is 5. The molecule has 0 bridgehead atoms. The number of H-pyrrole nitrogens is 1. The molecule has 1 heterocycles. The van der Waals surface area contributed by atoms with Crippen LogP contribution in [-0.2, 0) is 4.74 Å². The molecule has 0 radical (unpaired) electrons. The van der Waals surface area contributed by atoms with Crippen molar-refractivity contribution < 1.29 is 14.3 Å². The summed E-state index contributed by atoms with van der Waals surface area (Å²) >= 11 is 0. The highest BCUT2D eigenvalue weighted by atomic mass is 16.5. The maximum absolute atomic E-state index is 12.1. The molecule has 1 aromatic heterocycles. The number of ether oxygens (including phenoxy) is 2. The first-order chi connectivity index (χ1) is 14.1. The Bertz CT molecular complexity index is 1030. The van der Waals surface area contributed by atoms with Gasteiger partial charge in [0, 0.05) is 11.9 Å². The van der Waals surface area contributed by atoms with Gasteiger partial charge in [-0.25, -0.2) is 9.78 Å². The number of carbonyl (C=O) groups excluding carboxylic acids is 1. The lowest BCUT2D eigenvalue weighted by Gasteiger charge is -2.10. The number of para-hydroxylation sites is 1. The van der Waals surface area contributed by atoms with Gasteiger partial charge in [-0.3, -0.25) is 5.10 Å². The van der Waals surface area contributed by atoms with Crippen molar-refractivity contribution in [3.8, 4) is 11.5 Å². The van der Waals surface area contributed by atoms with Gasteiger partial charge in [0.2, 0.25) is 0 Å². The van der Waals surface area contributed by atoms with E-state index in [1.165, 1.54) is 19.6 Å². The topological polar surface area (TPSA) is 89.1 Å². The highest BCUT2D eigenvalue weighted by molar-refractivity contribution is 5.91. The van der Waals surface area contributed by atoms with Crippen LogP contribution in [0.4, 0.5) is 11.5 Å². The molecule has 29 heavy (non-hydrogen) atoms. The third-order valence-corrected chi connectivity index (χ3v) is 4.35. The number of benzene rings is 2. The van der Waals surface area contributed by atoms with Crippen LogP contribution in [0, 0.1) is 13.8 Å². The monoisotopic (exact) mass is 390 g/mol. The second kappa shape index (κ2) is 9.36. The van der Waals surface area contributed by atoms with Crippen LogP contribution in [0.3, 0.4) is 0 Å². The maximum Gasteiger partial charge on any atom is 0.339 e. The molecule has 7 nitrogen and oxygen atoms in total. The molecule has 0 fully saturated rings. The maximum atomic E-state index is 12.1. The van der Waals surface area contributed by atoms with Crippen molar-refractivity contribution in [2.75, 3.05) is 12.4 Å². The Morgan fingerprint density at radius 3 is 2.34 bits per heavy atom. The zero-order chi connectivity index (χ0) is 20.6. The average molecular weight is 390 g/mol. The van der Waals surface area contributed by atoms with Gasteiger partial charge >= 0.3 is 5.97 Å². The van der Waals surface area contributed by atoms with Crippen molar-refractivity contribution in [1.82, 2.24) is 15.2 Å². The van der Waals surface area contributed by atoms with Gasteiger partial charge in [-0.1, -0.05) is 18.2 Å². The summed E-state index contributed by atoms with van der Waals surface area (Å²) in [6, 6.07) is 17.1. The number of nitrogens with zero attached hydrogens (tertiary/aromatic N) is 2. The molecule has 0 atom stereocenters. The second-order valence-electron chi connectivity index (χ2n) is 6.22. The molecule has 0 aliphatic rings. The molecule has 7 heteroatoms. The van der Waals surface area contributed by atoms with E-state index in [0.717, 1.165) is 28.3 Å². The Morgan fingerprint density at radius 1 is 0.966 bits per heavy atom. The molecular weight excluding hydrogens is 368 g/mol. The van der Waals surface area contributed by atoms with E-state index >= 15 is 0 Å². The molecule has 0 unspecified atom stereocenters. The molecule has 3 rings (SSSR count). The molecule has 2 N–H and O–H groups in total. The SMILES string of the molecule is COC(=O)c1c[nH]ncnc(Nc2ccc(Oc3ccccc3)cc2)c(C)c1C. The first kappa shape index (κ1) is 19.9. The van der Waals surface area contributed by atoms with Crippen molar-refractivity contribution in [2.45, 2.75) is 13.8 Å². The smallest absolute Gasteiger partial charge is 0.339 e. The second-order valence-corrected chi connectivity index (χ2v) is 6.22. The van der Waals surface area contributed by atoms with Crippen LogP contribution in [0.2, 0.25) is 0 Å². The van der Waals surface area contributed by atoms with Crippen LogP contribution in [0.15, 0.2) is 67.1 Å². The Balaban J connectivity index is 1.88. The molecule has 0 amide bonds. The number of carbonyl (C=O) groups is 1. The zero-order valence-electron chi connectivity index (χ0n) is 16.5. The Labute approximate surface area is 169 Å². The predicted molar refractivity (Wildman–Crippen MR) is 111 cm³/mol. The first-order valence-electron chi connectivity index (χ1n) is 9.00. The minimum atomic E-state index is -0.451. The Hall–Kier alpha value is -3.87. The van der Waals surface area contributed by atoms with Gasteiger partial charge in [0.05, 0.1) is 12.7 Å². The molecule has 2 aromatic carbocycles. The third-order valence-electron chi connectivity index (χ3n) is 4.35. The fraction of sp³-hybridized carbons (Fsp3) is 0.136. The molecule has 0 aliphatic carbocycles. The zero-order valence-corrected chi connectivity index (χ0v) is 16.5. The minimum absolute atomic E-state index is 0.380. The fourth-order valence-electron chi connectivity index (χ4n) is 2.62. The van der Waals surface area contributed by atoms with Crippen molar-refractivity contribution in [1.29, 1.82) is 0 Å². The largest absolute Gasteiger partial charge is 0.465 e. The molecule has 0 aliphatic heterocycles. The van der Waals surface area contributed by atoms with Crippen LogP contribution in [0.25, 0.3) is 0 Å². The molecule has 0 saturated carbocycles. The predicted octanol–water partition coefficient (Wildman–Crippen LogP) is 4.87. The fourth-order valence-corrected chi connectivity index (χ4v) is 2.62. The lowest BCUT2D eigenvalue weighted by molar-refractivity contribution is 0.0599. The molecule has 0 spiro atoms. The van der Waals surface area contributed by atoms with Crippen LogP contribution in [0.1, 0.15) is 21.5 Å². The summed E-state index contributed by atoms with van der Waals surface area (Å²) in [7, 11) is 1.34. The summed E-state index contributed by atoms with van der Waals surface area (Å²) < 4.78 is 10.7. The van der Waals surface area contributed by atoms with E-state index in [9.17, 15) is 4.79 Å². The van der Waals surface area contributed by atoms with Gasteiger partial charge in [0.25, 0.3) is 0 Å². The molecule has 148 valence electrons. The normalized spacial score (nSPS) is 10.0. The van der Waals surface area contributed by atoms with E-state index in [1.54, 1.807) is 0 Å². The number of esters is 1. The molecule has 0 saturated heterocycles. The van der Waals surface area contributed by atoms with Crippen molar-refractivity contribution in [3.63, 3.8) is 0 Å². The van der Waals surface area contributed by atoms with Crippen molar-refractivity contribution in [2.24, 2.45) is 0 Å². The quantitative estimate of drug-likeness (QED) is 0.604. The number of nitrogens with one attached hydrogen (secondary N) is 2. The van der Waals surface area contributed by atoms with Gasteiger partial charge in [-0.2, -0.15) is 5.10 Å². The van der Waals surface area contributed by atoms with Crippen LogP contribution >= 0.6 is 0 Å². The van der Waals surface area contributed by atoms with E-state index in [-0.39, 0.29) is 0 Å². The highest BCUT2D eigenvalue weighted by Gasteiger charge is 2.11. The summed E-state index contributed by atoms with van der Waals surface area (Å²) in [6.45, 7) is 3.71. The Morgan fingerprint density at radius 2 is 1.66 bits per heavy atom. The van der Waals surface area contributed by atoms with E-state index in [0.29, 0.717) is 11.4 Å². The molecule has 3 aromatic rings. The number of hydrogen-bond donors (Lipinski definition) is 2. The standard InChI is InChI=1S/C22H22N4O3/c1-15-16(2)21(23-14-25-24-13-20(15)22(27)28-3)26-17-9-11-19(12-10-17)29-18-7-5-4-6-8-18/h4-14,24H,1-3H3,(H,23,25,26). The minimum Gasteiger partial charge on any atom is -0.465 e. The van der Waals surface area contributed by atoms with Gasteiger partial charge in [-0.15, -0.1) is 0 Å². The van der Waals surface area contributed by atoms with Gasteiger partial charge in [0.15, 0.2) is 0 Å². The van der Waals surface area contributed by atoms with Crippen LogP contribution in [0.5, 0.6) is 11.5 Å². The van der Waals surface area contributed by atoms with Crippen LogP contribution < -0.4 is 10.1 Å². The summed E-state index contributed by atoms with van der Waals surface area (Å²) in [5, 5.41) is 9.89. The van der Waals surface area contributed by atoms with Crippen molar-refractivity contribution in [3.05, 3.63) is 83.8 Å². The summed E-state index contributed by atoms with van der Waals surface area (Å²) in [4.78, 5) is 16.4. The van der Waals surface area contributed by atoms with E-state index < -0.39 is 5.97 Å². The van der Waals surface area contributed by atoms with Gasteiger partial charge < -0.3 is 14.8 Å². The van der Waals surface area contributed by atoms with Crippen molar-refractivity contribution >= 4 is 17.5 Å². The lowest BCUT2D eigenvalue weighted by Crippen LogP contribution is -2.05. The number of anilines is 2. The summed E-state index contributed by atoms with van der Waals surface area (Å²) in [5.41, 5.74) is 2.72. The number of aromatic nitrogens is 3. The Kier molecular flexibility index (Phi) is 6.42. The lowest BCUT2D eigenvalue weighted by atomic mass is 10.1. The third kappa shape index (κ3) is 5.10. The number of hydrogen-bond acceptors (Lipinski definition) is 6. The van der Waals surface area contributed by atoms with Gasteiger partial charge in [-0.05, 0) is 61.4 Å². The van der Waals surface area contributed by atoms with E-state index in [1.807, 2.05) is 68.4 Å². The number of methoxy groups -OCH3 is 1. The van der Waals surface area contributed by atoms with E-state index in [4.69, 9.17) is 9.47 Å². The summed E-state index contributed by atoms with van der Waals surface area (Å²) in [5.74, 6) is 1.62. The average Bonchev–Trinajstić information content (AvgIpc) is 2.81. The van der Waals surface area contributed by atoms with Crippen LogP contribution in [-0.4, -0.2) is 28.3 Å². The van der Waals surface area contributed by atoms with Gasteiger partial charge in [0.1, 0.15) is 23.6 Å². The van der Waals surface area contributed by atoms with E-state index in [2.05, 4.69) is 20.5 Å². The summed E-state index contributed by atoms with van der Waals surface area (Å²) in [6.07, 6.45) is 2.87. The highest BCUT2D eigenvalue weighted by Crippen LogP contribution is 2.25.